The Hall–Kier alpha value is -1.49. The molecule has 5 heteroatoms. The van der Waals surface area contributed by atoms with Crippen LogP contribution in [-0.2, 0) is 0 Å². The van der Waals surface area contributed by atoms with E-state index in [4.69, 9.17) is 0 Å². The Bertz CT molecular complexity index is 583. The van der Waals surface area contributed by atoms with Crippen molar-refractivity contribution in [1.29, 1.82) is 0 Å². The summed E-state index contributed by atoms with van der Waals surface area (Å²) in [5.74, 6) is -0.255. The molecule has 0 unspecified atom stereocenters. The molecule has 0 fully saturated rings. The van der Waals surface area contributed by atoms with Crippen LogP contribution in [0.1, 0.15) is 0 Å². The van der Waals surface area contributed by atoms with Crippen molar-refractivity contribution >= 4 is 26.4 Å². The van der Waals surface area contributed by atoms with Crippen molar-refractivity contribution in [2.75, 3.05) is 0 Å². The number of thiazole rings is 1. The van der Waals surface area contributed by atoms with Crippen molar-refractivity contribution in [2.24, 2.45) is 0 Å². The molecule has 2 heterocycles. The van der Waals surface area contributed by atoms with Gasteiger partial charge in [0.25, 0.3) is 0 Å². The minimum atomic E-state index is -0.255. The van der Waals surface area contributed by atoms with Crippen molar-refractivity contribution in [3.8, 4) is 0 Å². The summed E-state index contributed by atoms with van der Waals surface area (Å²) in [6.07, 6.45) is 1.63. The number of halogens is 1. The van der Waals surface area contributed by atoms with E-state index in [-0.39, 0.29) is 5.82 Å². The molecule has 0 N–H and O–H groups in total. The Morgan fingerprint density at radius 3 is 3.23 bits per heavy atom. The van der Waals surface area contributed by atoms with Gasteiger partial charge in [0, 0.05) is 0 Å². The van der Waals surface area contributed by atoms with Gasteiger partial charge in [-0.25, -0.2) is 4.39 Å². The number of aromatic nitrogens is 3. The Balaban J connectivity index is 2.68. The lowest BCUT2D eigenvalue weighted by Gasteiger charge is -1.90. The molecule has 3 rings (SSSR count). The van der Waals surface area contributed by atoms with Crippen LogP contribution in [0.25, 0.3) is 15.0 Å². The molecule has 3 nitrogen and oxygen atoms in total. The van der Waals surface area contributed by atoms with Gasteiger partial charge in [0.2, 0.25) is 0 Å². The van der Waals surface area contributed by atoms with Crippen LogP contribution in [0, 0.1) is 5.82 Å². The molecule has 0 amide bonds. The standard InChI is InChI=1S/C8H4FN3S/c9-5-2-1-3-6-8(5)12-7(13-6)4-10-11-12/h1-4H. The van der Waals surface area contributed by atoms with Crippen molar-refractivity contribution in [2.45, 2.75) is 0 Å². The van der Waals surface area contributed by atoms with Gasteiger partial charge < -0.3 is 0 Å². The third kappa shape index (κ3) is 0.818. The van der Waals surface area contributed by atoms with Crippen molar-refractivity contribution in [3.05, 3.63) is 30.2 Å². The first kappa shape index (κ1) is 6.97. The SMILES string of the molecule is Fc1cccc2sc3cnnn3c12. The molecule has 1 aromatic carbocycles. The number of para-hydroxylation sites is 1. The maximum absolute atomic E-state index is 13.3. The second-order valence-corrected chi connectivity index (χ2v) is 3.73. The Morgan fingerprint density at radius 2 is 2.31 bits per heavy atom. The maximum atomic E-state index is 13.3. The van der Waals surface area contributed by atoms with E-state index in [1.807, 2.05) is 6.07 Å². The number of rotatable bonds is 0. The first-order chi connectivity index (χ1) is 6.36. The third-order valence-corrected chi connectivity index (χ3v) is 2.93. The summed E-state index contributed by atoms with van der Waals surface area (Å²) in [5, 5.41) is 7.51. The summed E-state index contributed by atoms with van der Waals surface area (Å²) in [6, 6.07) is 5.00. The first-order valence-corrected chi connectivity index (χ1v) is 4.55. The number of benzene rings is 1. The summed E-state index contributed by atoms with van der Waals surface area (Å²) in [4.78, 5) is 0.861. The van der Waals surface area contributed by atoms with E-state index >= 15 is 0 Å². The van der Waals surface area contributed by atoms with Crippen molar-refractivity contribution in [1.82, 2.24) is 14.8 Å². The van der Waals surface area contributed by atoms with Crippen LogP contribution in [0.15, 0.2) is 24.4 Å². The van der Waals surface area contributed by atoms with Gasteiger partial charge in [-0.2, -0.15) is 4.52 Å². The Labute approximate surface area is 76.4 Å². The summed E-state index contributed by atoms with van der Waals surface area (Å²) in [6.45, 7) is 0. The van der Waals surface area contributed by atoms with E-state index in [0.29, 0.717) is 5.52 Å². The third-order valence-electron chi connectivity index (χ3n) is 1.89. The second-order valence-electron chi connectivity index (χ2n) is 2.67. The molecule has 3 aromatic rings. The molecule has 2 aromatic heterocycles. The van der Waals surface area contributed by atoms with Crippen molar-refractivity contribution in [3.63, 3.8) is 0 Å². The summed E-state index contributed by atoms with van der Waals surface area (Å²) in [5.41, 5.74) is 0.514. The minimum Gasteiger partial charge on any atom is -0.205 e. The monoisotopic (exact) mass is 193 g/mol. The predicted molar refractivity (Wildman–Crippen MR) is 48.3 cm³/mol. The molecule has 64 valence electrons. The highest BCUT2D eigenvalue weighted by Crippen LogP contribution is 2.26. The largest absolute Gasteiger partial charge is 0.205 e. The number of fused-ring (bicyclic) bond motifs is 3. The summed E-state index contributed by atoms with van der Waals surface area (Å²) < 4.78 is 15.8. The predicted octanol–water partition coefficient (Wildman–Crippen LogP) is 2.08. The van der Waals surface area contributed by atoms with Gasteiger partial charge in [0.1, 0.15) is 16.2 Å². The van der Waals surface area contributed by atoms with Crippen LogP contribution in [-0.4, -0.2) is 14.8 Å². The fourth-order valence-electron chi connectivity index (χ4n) is 1.35. The summed E-state index contributed by atoms with van der Waals surface area (Å²) >= 11 is 1.48. The molecule has 0 atom stereocenters. The van der Waals surface area contributed by atoms with Gasteiger partial charge in [0.05, 0.1) is 10.9 Å². The average molecular weight is 193 g/mol. The molecule has 0 spiro atoms. The highest BCUT2D eigenvalue weighted by molar-refractivity contribution is 7.23. The van der Waals surface area contributed by atoms with Gasteiger partial charge in [0.15, 0.2) is 0 Å². The van der Waals surface area contributed by atoms with Gasteiger partial charge in [-0.1, -0.05) is 11.3 Å². The van der Waals surface area contributed by atoms with Crippen LogP contribution >= 0.6 is 11.3 Å². The highest BCUT2D eigenvalue weighted by Gasteiger charge is 2.09. The zero-order valence-electron chi connectivity index (χ0n) is 6.44. The quantitative estimate of drug-likeness (QED) is 0.547. The van der Waals surface area contributed by atoms with Crippen LogP contribution in [0.3, 0.4) is 0 Å². The lowest BCUT2D eigenvalue weighted by atomic mass is 10.3. The Kier molecular flexibility index (Phi) is 1.21. The smallest absolute Gasteiger partial charge is 0.150 e. The van der Waals surface area contributed by atoms with Crippen LogP contribution < -0.4 is 0 Å². The molecule has 13 heavy (non-hydrogen) atoms. The van der Waals surface area contributed by atoms with Gasteiger partial charge >= 0.3 is 0 Å². The minimum absolute atomic E-state index is 0.255. The van der Waals surface area contributed by atoms with E-state index in [1.165, 1.54) is 21.9 Å². The molecule has 0 aliphatic carbocycles. The molecule has 0 saturated heterocycles. The van der Waals surface area contributed by atoms with E-state index in [1.54, 1.807) is 12.3 Å². The number of hydrogen-bond donors (Lipinski definition) is 0. The fraction of sp³-hybridized carbons (Fsp3) is 0. The summed E-state index contributed by atoms with van der Waals surface area (Å²) in [7, 11) is 0. The van der Waals surface area contributed by atoms with Crippen LogP contribution in [0.2, 0.25) is 0 Å². The lowest BCUT2D eigenvalue weighted by molar-refractivity contribution is 0.632. The molecular formula is C8H4FN3S. The van der Waals surface area contributed by atoms with E-state index < -0.39 is 0 Å². The lowest BCUT2D eigenvalue weighted by Crippen LogP contribution is -1.86. The van der Waals surface area contributed by atoms with E-state index in [2.05, 4.69) is 10.3 Å². The van der Waals surface area contributed by atoms with E-state index in [0.717, 1.165) is 9.53 Å². The Morgan fingerprint density at radius 1 is 1.38 bits per heavy atom. The molecule has 0 saturated carbocycles. The topological polar surface area (TPSA) is 30.2 Å². The van der Waals surface area contributed by atoms with Gasteiger partial charge in [-0.05, 0) is 12.1 Å². The molecule has 0 bridgehead atoms. The first-order valence-electron chi connectivity index (χ1n) is 3.74. The zero-order valence-corrected chi connectivity index (χ0v) is 7.25. The van der Waals surface area contributed by atoms with Gasteiger partial charge in [-0.3, -0.25) is 0 Å². The van der Waals surface area contributed by atoms with E-state index in [9.17, 15) is 4.39 Å². The molecular weight excluding hydrogens is 189 g/mol. The average Bonchev–Trinajstić information content (AvgIpc) is 2.62. The number of nitrogens with zero attached hydrogens (tertiary/aromatic N) is 3. The van der Waals surface area contributed by atoms with Crippen molar-refractivity contribution < 1.29 is 4.39 Å². The number of hydrogen-bond acceptors (Lipinski definition) is 3. The zero-order chi connectivity index (χ0) is 8.84. The molecule has 0 radical (unpaired) electrons. The van der Waals surface area contributed by atoms with Crippen LogP contribution in [0.5, 0.6) is 0 Å². The maximum Gasteiger partial charge on any atom is 0.150 e. The second kappa shape index (κ2) is 2.26. The highest BCUT2D eigenvalue weighted by atomic mass is 32.1. The molecule has 0 aliphatic heterocycles. The molecule has 0 aliphatic rings. The van der Waals surface area contributed by atoms with Gasteiger partial charge in [-0.15, -0.1) is 16.4 Å². The van der Waals surface area contributed by atoms with Crippen LogP contribution in [0.4, 0.5) is 4.39 Å². The normalized spacial score (nSPS) is 11.5. The fourth-order valence-corrected chi connectivity index (χ4v) is 2.31.